The van der Waals surface area contributed by atoms with Gasteiger partial charge in [0.2, 0.25) is 0 Å². The van der Waals surface area contributed by atoms with Crippen LogP contribution in [0, 0.1) is 19.7 Å². The molecule has 9 heteroatoms. The maximum absolute atomic E-state index is 15.6. The molecule has 0 saturated carbocycles. The van der Waals surface area contributed by atoms with Crippen LogP contribution in [-0.2, 0) is 24.5 Å². The highest BCUT2D eigenvalue weighted by molar-refractivity contribution is 5.86. The van der Waals surface area contributed by atoms with Crippen LogP contribution in [0.2, 0.25) is 0 Å². The van der Waals surface area contributed by atoms with Crippen molar-refractivity contribution < 1.29 is 9.13 Å². The summed E-state index contributed by atoms with van der Waals surface area (Å²) in [5, 5.41) is 9.78. The van der Waals surface area contributed by atoms with Crippen LogP contribution in [0.1, 0.15) is 55.0 Å². The standard InChI is InChI=1S/C29H31FN6O2/c1-6-34-28(17-38-16-21-10-8-7-9-11-21)33-36(29(34)37)26-13-23-22(18(2)3)14-27(31-25(23)15-24(26)30)35-20(5)12-19(4)32-35/h7-15,18H,6,16-17H2,1-5H3. The SMILES string of the molecule is CCn1c(COCc2ccccc2)nn(-c2cc3c(C(C)C)cc(-n4nc(C)cc4C)nc3cc2F)c1=O. The molecule has 0 fully saturated rings. The summed E-state index contributed by atoms with van der Waals surface area (Å²) in [6.07, 6.45) is 0. The molecule has 5 rings (SSSR count). The largest absolute Gasteiger partial charge is 0.369 e. The lowest BCUT2D eigenvalue weighted by atomic mass is 9.98. The molecule has 0 atom stereocenters. The van der Waals surface area contributed by atoms with Crippen LogP contribution in [0.25, 0.3) is 22.4 Å². The Morgan fingerprint density at radius 2 is 1.74 bits per heavy atom. The number of aromatic nitrogens is 6. The topological polar surface area (TPSA) is 79.8 Å². The molecule has 0 radical (unpaired) electrons. The average molecular weight is 515 g/mol. The molecule has 0 unspecified atom stereocenters. The summed E-state index contributed by atoms with van der Waals surface area (Å²) in [6.45, 7) is 10.8. The van der Waals surface area contributed by atoms with Crippen molar-refractivity contribution in [3.63, 3.8) is 0 Å². The van der Waals surface area contributed by atoms with E-state index >= 15 is 4.39 Å². The molecule has 0 aliphatic rings. The monoisotopic (exact) mass is 514 g/mol. The molecule has 8 nitrogen and oxygen atoms in total. The Morgan fingerprint density at radius 3 is 2.39 bits per heavy atom. The van der Waals surface area contributed by atoms with Gasteiger partial charge in [0.1, 0.15) is 12.3 Å². The molecule has 0 N–H and O–H groups in total. The van der Waals surface area contributed by atoms with Crippen LogP contribution in [0.15, 0.2) is 59.4 Å². The highest BCUT2D eigenvalue weighted by Crippen LogP contribution is 2.30. The molecular weight excluding hydrogens is 483 g/mol. The first-order chi connectivity index (χ1) is 18.3. The zero-order valence-corrected chi connectivity index (χ0v) is 22.3. The summed E-state index contributed by atoms with van der Waals surface area (Å²) in [4.78, 5) is 18.0. The van der Waals surface area contributed by atoms with Crippen molar-refractivity contribution >= 4 is 10.9 Å². The van der Waals surface area contributed by atoms with Crippen LogP contribution in [0.4, 0.5) is 4.39 Å². The van der Waals surface area contributed by atoms with E-state index < -0.39 is 11.5 Å². The summed E-state index contributed by atoms with van der Waals surface area (Å²) < 4.78 is 25.8. The van der Waals surface area contributed by atoms with E-state index in [2.05, 4.69) is 24.0 Å². The van der Waals surface area contributed by atoms with Gasteiger partial charge in [0.15, 0.2) is 17.5 Å². The second-order valence-electron chi connectivity index (χ2n) is 9.72. The van der Waals surface area contributed by atoms with Gasteiger partial charge in [0, 0.05) is 23.7 Å². The second-order valence-corrected chi connectivity index (χ2v) is 9.72. The number of nitrogens with zero attached hydrogens (tertiary/aromatic N) is 6. The Labute approximate surface area is 220 Å². The van der Waals surface area contributed by atoms with Gasteiger partial charge in [-0.3, -0.25) is 4.57 Å². The zero-order chi connectivity index (χ0) is 27.0. The molecule has 0 spiro atoms. The van der Waals surface area contributed by atoms with Crippen molar-refractivity contribution in [3.05, 3.63) is 99.2 Å². The Bertz CT molecular complexity index is 1670. The molecule has 3 aromatic heterocycles. The minimum atomic E-state index is -0.579. The Balaban J connectivity index is 1.56. The van der Waals surface area contributed by atoms with Crippen molar-refractivity contribution in [2.24, 2.45) is 0 Å². The minimum absolute atomic E-state index is 0.0848. The molecule has 0 bridgehead atoms. The van der Waals surface area contributed by atoms with Crippen molar-refractivity contribution in [2.75, 3.05) is 0 Å². The van der Waals surface area contributed by atoms with E-state index in [1.54, 1.807) is 10.7 Å². The van der Waals surface area contributed by atoms with Gasteiger partial charge in [-0.05, 0) is 56.0 Å². The number of hydrogen-bond donors (Lipinski definition) is 0. The number of pyridine rings is 1. The fourth-order valence-corrected chi connectivity index (χ4v) is 4.71. The molecule has 2 aromatic carbocycles. The lowest BCUT2D eigenvalue weighted by Crippen LogP contribution is -2.24. The molecule has 5 aromatic rings. The molecule has 0 aliphatic heterocycles. The van der Waals surface area contributed by atoms with Gasteiger partial charge in [0.05, 0.1) is 17.8 Å². The van der Waals surface area contributed by atoms with Gasteiger partial charge in [-0.25, -0.2) is 18.9 Å². The molecule has 0 amide bonds. The summed E-state index contributed by atoms with van der Waals surface area (Å²) >= 11 is 0. The second kappa shape index (κ2) is 10.3. The van der Waals surface area contributed by atoms with Gasteiger partial charge in [-0.1, -0.05) is 44.2 Å². The average Bonchev–Trinajstić information content (AvgIpc) is 3.40. The predicted molar refractivity (Wildman–Crippen MR) is 144 cm³/mol. The van der Waals surface area contributed by atoms with Crippen molar-refractivity contribution in [1.82, 2.24) is 29.1 Å². The molecular formula is C29H31FN6O2. The zero-order valence-electron chi connectivity index (χ0n) is 22.3. The Morgan fingerprint density at radius 1 is 0.974 bits per heavy atom. The normalized spacial score (nSPS) is 11.7. The third kappa shape index (κ3) is 4.77. The first-order valence-electron chi connectivity index (χ1n) is 12.8. The summed E-state index contributed by atoms with van der Waals surface area (Å²) in [5.41, 5.74) is 3.99. The van der Waals surface area contributed by atoms with E-state index in [1.165, 1.54) is 10.6 Å². The lowest BCUT2D eigenvalue weighted by Gasteiger charge is -2.15. The van der Waals surface area contributed by atoms with Gasteiger partial charge < -0.3 is 4.74 Å². The highest BCUT2D eigenvalue weighted by Gasteiger charge is 2.20. The number of halogens is 1. The lowest BCUT2D eigenvalue weighted by molar-refractivity contribution is 0.0989. The van der Waals surface area contributed by atoms with Crippen LogP contribution in [0.5, 0.6) is 0 Å². The number of hydrogen-bond acceptors (Lipinski definition) is 5. The van der Waals surface area contributed by atoms with Gasteiger partial charge in [0.25, 0.3) is 0 Å². The van der Waals surface area contributed by atoms with Gasteiger partial charge >= 0.3 is 5.69 Å². The number of aryl methyl sites for hydroxylation is 2. The van der Waals surface area contributed by atoms with Crippen LogP contribution in [-0.4, -0.2) is 29.1 Å². The predicted octanol–water partition coefficient (Wildman–Crippen LogP) is 5.38. The molecule has 0 aliphatic carbocycles. The molecule has 38 heavy (non-hydrogen) atoms. The summed E-state index contributed by atoms with van der Waals surface area (Å²) in [6, 6.07) is 16.8. The first-order valence-corrected chi connectivity index (χ1v) is 12.8. The van der Waals surface area contributed by atoms with Crippen LogP contribution < -0.4 is 5.69 Å². The Kier molecular flexibility index (Phi) is 6.94. The van der Waals surface area contributed by atoms with Crippen molar-refractivity contribution in [2.45, 2.75) is 60.3 Å². The first kappa shape index (κ1) is 25.5. The van der Waals surface area contributed by atoms with E-state index in [1.807, 2.05) is 63.2 Å². The van der Waals surface area contributed by atoms with Gasteiger partial charge in [-0.2, -0.15) is 9.78 Å². The van der Waals surface area contributed by atoms with E-state index in [9.17, 15) is 4.79 Å². The van der Waals surface area contributed by atoms with Crippen molar-refractivity contribution in [1.29, 1.82) is 0 Å². The Hall–Kier alpha value is -4.11. The van der Waals surface area contributed by atoms with Crippen LogP contribution >= 0.6 is 0 Å². The van der Waals surface area contributed by atoms with Crippen molar-refractivity contribution in [3.8, 4) is 11.5 Å². The highest BCUT2D eigenvalue weighted by atomic mass is 19.1. The molecule has 196 valence electrons. The smallest absolute Gasteiger partial charge is 0.350 e. The molecule has 3 heterocycles. The fourth-order valence-electron chi connectivity index (χ4n) is 4.71. The maximum Gasteiger partial charge on any atom is 0.350 e. The van der Waals surface area contributed by atoms with Gasteiger partial charge in [-0.15, -0.1) is 5.10 Å². The van der Waals surface area contributed by atoms with E-state index in [0.29, 0.717) is 30.3 Å². The van der Waals surface area contributed by atoms with Crippen LogP contribution in [0.3, 0.4) is 0 Å². The quantitative estimate of drug-likeness (QED) is 0.278. The third-order valence-corrected chi connectivity index (χ3v) is 6.57. The third-order valence-electron chi connectivity index (χ3n) is 6.57. The maximum atomic E-state index is 15.6. The number of rotatable bonds is 8. The van der Waals surface area contributed by atoms with E-state index in [4.69, 9.17) is 9.72 Å². The van der Waals surface area contributed by atoms with E-state index in [0.717, 1.165) is 32.6 Å². The number of fused-ring (bicyclic) bond motifs is 1. The number of benzene rings is 2. The molecule has 0 saturated heterocycles. The fraction of sp³-hybridized carbons (Fsp3) is 0.310. The summed E-state index contributed by atoms with van der Waals surface area (Å²) in [5.74, 6) is 0.616. The summed E-state index contributed by atoms with van der Waals surface area (Å²) in [7, 11) is 0. The number of ether oxygens (including phenoxy) is 1. The minimum Gasteiger partial charge on any atom is -0.369 e. The van der Waals surface area contributed by atoms with E-state index in [-0.39, 0.29) is 18.2 Å².